The van der Waals surface area contributed by atoms with Gasteiger partial charge in [0.2, 0.25) is 0 Å². The molecule has 1 amide bonds. The van der Waals surface area contributed by atoms with Crippen molar-refractivity contribution < 1.29 is 18.7 Å². The summed E-state index contributed by atoms with van der Waals surface area (Å²) in [4.78, 5) is 23.9. The minimum Gasteiger partial charge on any atom is -0.465 e. The first-order valence-electron chi connectivity index (χ1n) is 5.77. The Balaban J connectivity index is 2.18. The molecule has 1 aromatic heterocycles. The summed E-state index contributed by atoms with van der Waals surface area (Å²) in [5, 5.41) is 2.48. The van der Waals surface area contributed by atoms with E-state index < -0.39 is 17.7 Å². The number of nitrogens with one attached hydrogen (secondary N) is 1. The van der Waals surface area contributed by atoms with E-state index in [9.17, 15) is 14.0 Å². The van der Waals surface area contributed by atoms with Crippen molar-refractivity contribution in [2.75, 3.05) is 12.4 Å². The van der Waals surface area contributed by atoms with Crippen molar-refractivity contribution in [2.45, 2.75) is 6.92 Å². The summed E-state index contributed by atoms with van der Waals surface area (Å²) in [5.41, 5.74) is 0.950. The summed E-state index contributed by atoms with van der Waals surface area (Å²) in [7, 11) is 1.27. The van der Waals surface area contributed by atoms with Gasteiger partial charge in [0.25, 0.3) is 5.91 Å². The molecule has 0 aliphatic heterocycles. The van der Waals surface area contributed by atoms with E-state index in [0.29, 0.717) is 9.75 Å². The maximum atomic E-state index is 13.5. The molecule has 0 bridgehead atoms. The van der Waals surface area contributed by atoms with Gasteiger partial charge in [-0.3, -0.25) is 4.79 Å². The fraction of sp³-hybridized carbons (Fsp3) is 0.143. The highest BCUT2D eigenvalue weighted by Crippen LogP contribution is 2.21. The fourth-order valence-corrected chi connectivity index (χ4v) is 2.41. The zero-order valence-corrected chi connectivity index (χ0v) is 11.7. The van der Waals surface area contributed by atoms with Gasteiger partial charge in [0.15, 0.2) is 0 Å². The Morgan fingerprint density at radius 1 is 1.20 bits per heavy atom. The number of carbonyl (C=O) groups is 2. The Morgan fingerprint density at radius 3 is 2.60 bits per heavy atom. The smallest absolute Gasteiger partial charge is 0.348 e. The standard InChI is InChI=1S/C14H12FNO3S/c1-8-3-4-9(15)10(7-8)16-13(17)11-5-6-12(20-11)14(18)19-2/h3-7H,1-2H3,(H,16,17). The summed E-state index contributed by atoms with van der Waals surface area (Å²) in [6.45, 7) is 1.80. The number of amides is 1. The molecule has 0 fully saturated rings. The third-order valence-electron chi connectivity index (χ3n) is 2.59. The van der Waals surface area contributed by atoms with Crippen LogP contribution in [0, 0.1) is 12.7 Å². The van der Waals surface area contributed by atoms with E-state index in [2.05, 4.69) is 10.1 Å². The topological polar surface area (TPSA) is 55.4 Å². The third kappa shape index (κ3) is 3.03. The summed E-state index contributed by atoms with van der Waals surface area (Å²) < 4.78 is 18.1. The minimum absolute atomic E-state index is 0.114. The molecule has 0 unspecified atom stereocenters. The third-order valence-corrected chi connectivity index (χ3v) is 3.65. The molecule has 0 radical (unpaired) electrons. The molecule has 2 aromatic rings. The lowest BCUT2D eigenvalue weighted by atomic mass is 10.2. The SMILES string of the molecule is COC(=O)c1ccc(C(=O)Nc2cc(C)ccc2F)s1. The zero-order valence-electron chi connectivity index (χ0n) is 10.9. The predicted octanol–water partition coefficient (Wildman–Crippen LogP) is 3.23. The van der Waals surface area contributed by atoms with Crippen LogP contribution in [0.1, 0.15) is 24.9 Å². The van der Waals surface area contributed by atoms with Gasteiger partial charge in [-0.1, -0.05) is 6.07 Å². The molecule has 2 rings (SSSR count). The summed E-state index contributed by atoms with van der Waals surface area (Å²) >= 11 is 0.994. The summed E-state index contributed by atoms with van der Waals surface area (Å²) in [5.74, 6) is -1.47. The summed E-state index contributed by atoms with van der Waals surface area (Å²) in [6.07, 6.45) is 0. The van der Waals surface area contributed by atoms with Gasteiger partial charge in [-0.2, -0.15) is 0 Å². The molecule has 0 aliphatic carbocycles. The molecular formula is C14H12FNO3S. The fourth-order valence-electron chi connectivity index (χ4n) is 1.59. The number of hydrogen-bond acceptors (Lipinski definition) is 4. The molecule has 1 aromatic carbocycles. The summed E-state index contributed by atoms with van der Waals surface area (Å²) in [6, 6.07) is 7.45. The van der Waals surface area contributed by atoms with Crippen LogP contribution in [0.4, 0.5) is 10.1 Å². The van der Waals surface area contributed by atoms with Gasteiger partial charge in [0, 0.05) is 0 Å². The number of halogens is 1. The minimum atomic E-state index is -0.506. The van der Waals surface area contributed by atoms with Crippen LogP contribution >= 0.6 is 11.3 Å². The maximum absolute atomic E-state index is 13.5. The Labute approximate surface area is 119 Å². The lowest BCUT2D eigenvalue weighted by molar-refractivity contribution is 0.0606. The van der Waals surface area contributed by atoms with Crippen molar-refractivity contribution in [2.24, 2.45) is 0 Å². The normalized spacial score (nSPS) is 10.2. The molecule has 1 heterocycles. The average Bonchev–Trinajstić information content (AvgIpc) is 2.91. The van der Waals surface area contributed by atoms with Crippen molar-refractivity contribution in [3.8, 4) is 0 Å². The Kier molecular flexibility index (Phi) is 4.14. The Morgan fingerprint density at radius 2 is 1.90 bits per heavy atom. The molecule has 1 N–H and O–H groups in total. The molecule has 6 heteroatoms. The van der Waals surface area contributed by atoms with E-state index in [4.69, 9.17) is 0 Å². The van der Waals surface area contributed by atoms with Crippen molar-refractivity contribution >= 4 is 28.9 Å². The van der Waals surface area contributed by atoms with Crippen LogP contribution in [-0.4, -0.2) is 19.0 Å². The van der Waals surface area contributed by atoms with E-state index in [1.165, 1.54) is 25.3 Å². The van der Waals surface area contributed by atoms with Crippen LogP contribution < -0.4 is 5.32 Å². The quantitative estimate of drug-likeness (QED) is 0.884. The largest absolute Gasteiger partial charge is 0.465 e. The maximum Gasteiger partial charge on any atom is 0.348 e. The van der Waals surface area contributed by atoms with Gasteiger partial charge in [0.05, 0.1) is 17.7 Å². The zero-order chi connectivity index (χ0) is 14.7. The van der Waals surface area contributed by atoms with Crippen molar-refractivity contribution in [1.82, 2.24) is 0 Å². The second-order valence-corrected chi connectivity index (χ2v) is 5.18. The number of esters is 1. The lowest BCUT2D eigenvalue weighted by Crippen LogP contribution is -2.11. The van der Waals surface area contributed by atoms with Gasteiger partial charge in [-0.15, -0.1) is 11.3 Å². The number of anilines is 1. The number of methoxy groups -OCH3 is 1. The van der Waals surface area contributed by atoms with E-state index in [0.717, 1.165) is 16.9 Å². The van der Waals surface area contributed by atoms with Gasteiger partial charge in [-0.05, 0) is 36.8 Å². The molecule has 0 saturated carbocycles. The number of carbonyl (C=O) groups excluding carboxylic acids is 2. The van der Waals surface area contributed by atoms with Crippen molar-refractivity contribution in [3.63, 3.8) is 0 Å². The number of thiophene rings is 1. The molecule has 0 saturated heterocycles. The van der Waals surface area contributed by atoms with Crippen LogP contribution in [0.15, 0.2) is 30.3 Å². The van der Waals surface area contributed by atoms with Gasteiger partial charge in [-0.25, -0.2) is 9.18 Å². The molecular weight excluding hydrogens is 281 g/mol. The van der Waals surface area contributed by atoms with E-state index >= 15 is 0 Å². The van der Waals surface area contributed by atoms with Crippen LogP contribution in [0.3, 0.4) is 0 Å². The highest BCUT2D eigenvalue weighted by atomic mass is 32.1. The van der Waals surface area contributed by atoms with E-state index in [-0.39, 0.29) is 5.69 Å². The number of rotatable bonds is 3. The first-order chi connectivity index (χ1) is 9.51. The second-order valence-electron chi connectivity index (χ2n) is 4.09. The van der Waals surface area contributed by atoms with E-state index in [1.807, 2.05) is 0 Å². The molecule has 0 atom stereocenters. The molecule has 20 heavy (non-hydrogen) atoms. The number of aryl methyl sites for hydroxylation is 1. The number of benzene rings is 1. The first kappa shape index (κ1) is 14.2. The average molecular weight is 293 g/mol. The number of ether oxygens (including phenoxy) is 1. The van der Waals surface area contributed by atoms with Gasteiger partial charge < -0.3 is 10.1 Å². The molecule has 4 nitrogen and oxygen atoms in total. The lowest BCUT2D eigenvalue weighted by Gasteiger charge is -2.05. The number of hydrogen-bond donors (Lipinski definition) is 1. The van der Waals surface area contributed by atoms with Crippen LogP contribution in [0.2, 0.25) is 0 Å². The van der Waals surface area contributed by atoms with Gasteiger partial charge in [0.1, 0.15) is 10.7 Å². The highest BCUT2D eigenvalue weighted by Gasteiger charge is 2.15. The highest BCUT2D eigenvalue weighted by molar-refractivity contribution is 7.16. The molecule has 0 aliphatic rings. The molecule has 104 valence electrons. The molecule has 0 spiro atoms. The van der Waals surface area contributed by atoms with Gasteiger partial charge >= 0.3 is 5.97 Å². The predicted molar refractivity (Wildman–Crippen MR) is 74.7 cm³/mol. The Bertz CT molecular complexity index is 666. The van der Waals surface area contributed by atoms with Crippen molar-refractivity contribution in [3.05, 3.63) is 51.5 Å². The second kappa shape index (κ2) is 5.83. The van der Waals surface area contributed by atoms with Crippen LogP contribution in [0.25, 0.3) is 0 Å². The Hall–Kier alpha value is -2.21. The first-order valence-corrected chi connectivity index (χ1v) is 6.58. The van der Waals surface area contributed by atoms with E-state index in [1.54, 1.807) is 19.1 Å². The monoisotopic (exact) mass is 293 g/mol. The van der Waals surface area contributed by atoms with Crippen LogP contribution in [0.5, 0.6) is 0 Å². The van der Waals surface area contributed by atoms with Crippen molar-refractivity contribution in [1.29, 1.82) is 0 Å². The van der Waals surface area contributed by atoms with Crippen LogP contribution in [-0.2, 0) is 4.74 Å².